The number of H-pyrrole nitrogens is 2. The van der Waals surface area contributed by atoms with Crippen molar-refractivity contribution in [3.63, 3.8) is 0 Å². The zero-order valence-electron chi connectivity index (χ0n) is 18.3. The number of alkyl halides is 3. The molecular weight excluding hydrogens is 447 g/mol. The number of rotatable bonds is 5. The van der Waals surface area contributed by atoms with Crippen LogP contribution >= 0.6 is 0 Å². The van der Waals surface area contributed by atoms with Crippen LogP contribution in [0.3, 0.4) is 0 Å². The smallest absolute Gasteiger partial charge is 0.351 e. The van der Waals surface area contributed by atoms with Gasteiger partial charge in [0, 0.05) is 61.3 Å². The fourth-order valence-corrected chi connectivity index (χ4v) is 4.23. The Balaban J connectivity index is 1.24. The highest BCUT2D eigenvalue weighted by Gasteiger charge is 2.32. The van der Waals surface area contributed by atoms with E-state index in [-0.39, 0.29) is 6.04 Å². The van der Waals surface area contributed by atoms with Gasteiger partial charge in [0.15, 0.2) is 5.82 Å². The average molecular weight is 469 g/mol. The van der Waals surface area contributed by atoms with E-state index in [0.717, 1.165) is 47.7 Å². The van der Waals surface area contributed by atoms with Crippen LogP contribution in [0.2, 0.25) is 0 Å². The molecule has 1 saturated heterocycles. The highest BCUT2D eigenvalue weighted by molar-refractivity contribution is 5.67. The number of hydrogen-bond acceptors (Lipinski definition) is 7. The van der Waals surface area contributed by atoms with Gasteiger partial charge in [0.1, 0.15) is 5.82 Å². The Kier molecular flexibility index (Phi) is 5.74. The fraction of sp³-hybridized carbons (Fsp3) is 0.318. The predicted octanol–water partition coefficient (Wildman–Crippen LogP) is 3.38. The summed E-state index contributed by atoms with van der Waals surface area (Å²) in [6.45, 7) is 4.95. The molecule has 4 heterocycles. The van der Waals surface area contributed by atoms with Gasteiger partial charge in [-0.3, -0.25) is 10.00 Å². The largest absolute Gasteiger partial charge is 0.417 e. The quantitative estimate of drug-likeness (QED) is 0.462. The molecule has 0 radical (unpaired) electrons. The Morgan fingerprint density at radius 1 is 1.06 bits per heavy atom. The maximum Gasteiger partial charge on any atom is 0.417 e. The number of benzene rings is 1. The molecule has 0 saturated carbocycles. The minimum Gasteiger partial charge on any atom is -0.351 e. The van der Waals surface area contributed by atoms with E-state index in [2.05, 4.69) is 47.6 Å². The summed E-state index contributed by atoms with van der Waals surface area (Å²) in [7, 11) is 0. The lowest BCUT2D eigenvalue weighted by Gasteiger charge is -2.40. The number of aromatic amines is 2. The molecule has 0 unspecified atom stereocenters. The molecule has 1 fully saturated rings. The van der Waals surface area contributed by atoms with Crippen molar-refractivity contribution >= 4 is 5.82 Å². The van der Waals surface area contributed by atoms with E-state index in [1.807, 2.05) is 35.4 Å². The van der Waals surface area contributed by atoms with E-state index in [9.17, 15) is 13.2 Å². The summed E-state index contributed by atoms with van der Waals surface area (Å²) in [5, 5.41) is 21.3. The second-order valence-electron chi connectivity index (χ2n) is 8.27. The number of halogens is 3. The van der Waals surface area contributed by atoms with E-state index in [0.29, 0.717) is 24.7 Å². The topological polar surface area (TPSA) is 103 Å². The first-order valence-corrected chi connectivity index (χ1v) is 10.8. The van der Waals surface area contributed by atoms with Gasteiger partial charge in [-0.2, -0.15) is 18.3 Å². The van der Waals surface area contributed by atoms with Gasteiger partial charge in [0.25, 0.3) is 0 Å². The van der Waals surface area contributed by atoms with Crippen molar-refractivity contribution in [2.45, 2.75) is 25.7 Å². The van der Waals surface area contributed by atoms with Gasteiger partial charge in [0.2, 0.25) is 0 Å². The molecule has 4 aromatic rings. The summed E-state index contributed by atoms with van der Waals surface area (Å²) >= 11 is 0. The number of hydrogen-bond donors (Lipinski definition) is 2. The number of pyridine rings is 1. The van der Waals surface area contributed by atoms with Gasteiger partial charge in [-0.15, -0.1) is 5.10 Å². The van der Waals surface area contributed by atoms with Crippen LogP contribution in [-0.4, -0.2) is 66.4 Å². The van der Waals surface area contributed by atoms with Crippen molar-refractivity contribution in [1.29, 1.82) is 0 Å². The molecule has 34 heavy (non-hydrogen) atoms. The molecule has 0 aliphatic carbocycles. The Hall–Kier alpha value is -3.80. The molecule has 1 aliphatic heterocycles. The molecule has 0 amide bonds. The van der Waals surface area contributed by atoms with Crippen LogP contribution in [0.5, 0.6) is 0 Å². The van der Waals surface area contributed by atoms with Gasteiger partial charge in [-0.25, -0.2) is 10.1 Å². The maximum atomic E-state index is 12.8. The van der Waals surface area contributed by atoms with Crippen molar-refractivity contribution in [3.8, 4) is 22.6 Å². The zero-order chi connectivity index (χ0) is 23.7. The van der Waals surface area contributed by atoms with Crippen LogP contribution in [0, 0.1) is 0 Å². The summed E-state index contributed by atoms with van der Waals surface area (Å²) in [5.74, 6) is 1.16. The van der Waals surface area contributed by atoms with Gasteiger partial charge in [-0.05, 0) is 29.5 Å². The van der Waals surface area contributed by atoms with Gasteiger partial charge < -0.3 is 4.90 Å². The fourth-order valence-electron chi connectivity index (χ4n) is 4.23. The monoisotopic (exact) mass is 469 g/mol. The van der Waals surface area contributed by atoms with E-state index in [1.54, 1.807) is 0 Å². The third-order valence-electron chi connectivity index (χ3n) is 5.97. The van der Waals surface area contributed by atoms with Crippen LogP contribution in [0.15, 0.2) is 48.8 Å². The van der Waals surface area contributed by atoms with Crippen LogP contribution in [0.4, 0.5) is 19.0 Å². The lowest BCUT2D eigenvalue weighted by atomic mass is 10.0. The first-order chi connectivity index (χ1) is 16.4. The molecule has 1 aliphatic rings. The van der Waals surface area contributed by atoms with Crippen LogP contribution in [0.1, 0.15) is 18.1 Å². The first kappa shape index (κ1) is 22.0. The number of tetrazole rings is 1. The molecule has 1 atom stereocenters. The normalized spacial score (nSPS) is 17.3. The van der Waals surface area contributed by atoms with Crippen molar-refractivity contribution in [1.82, 2.24) is 40.7 Å². The minimum absolute atomic E-state index is 0.100. The summed E-state index contributed by atoms with van der Waals surface area (Å²) in [6.07, 6.45) is -1.58. The minimum atomic E-state index is -4.38. The molecule has 12 heteroatoms. The van der Waals surface area contributed by atoms with Crippen LogP contribution < -0.4 is 4.90 Å². The number of aromatic nitrogens is 7. The van der Waals surface area contributed by atoms with E-state index >= 15 is 0 Å². The molecule has 5 rings (SSSR count). The summed E-state index contributed by atoms with van der Waals surface area (Å²) in [4.78, 5) is 8.42. The predicted molar refractivity (Wildman–Crippen MR) is 119 cm³/mol. The Morgan fingerprint density at radius 2 is 1.85 bits per heavy atom. The second-order valence-corrected chi connectivity index (χ2v) is 8.27. The van der Waals surface area contributed by atoms with E-state index in [4.69, 9.17) is 0 Å². The molecule has 1 aromatic carbocycles. The third-order valence-corrected chi connectivity index (χ3v) is 5.97. The summed E-state index contributed by atoms with van der Waals surface area (Å²) in [6, 6.07) is 10.5. The van der Waals surface area contributed by atoms with Gasteiger partial charge in [-0.1, -0.05) is 24.3 Å². The highest BCUT2D eigenvalue weighted by atomic mass is 19.4. The molecule has 0 bridgehead atoms. The number of piperazine rings is 1. The molecule has 2 N–H and O–H groups in total. The summed E-state index contributed by atoms with van der Waals surface area (Å²) < 4.78 is 38.5. The molecule has 176 valence electrons. The number of anilines is 1. The van der Waals surface area contributed by atoms with Gasteiger partial charge >= 0.3 is 6.18 Å². The third kappa shape index (κ3) is 4.49. The second kappa shape index (κ2) is 8.86. The molecule has 3 aromatic heterocycles. The molecule has 0 spiro atoms. The lowest BCUT2D eigenvalue weighted by molar-refractivity contribution is -0.137. The van der Waals surface area contributed by atoms with Crippen LogP contribution in [-0.2, 0) is 12.7 Å². The molecule has 9 nitrogen and oxygen atoms in total. The summed E-state index contributed by atoms with van der Waals surface area (Å²) in [5.41, 5.74) is 3.07. The van der Waals surface area contributed by atoms with Crippen molar-refractivity contribution in [3.05, 3.63) is 59.9 Å². The van der Waals surface area contributed by atoms with Crippen molar-refractivity contribution in [2.75, 3.05) is 24.5 Å². The Morgan fingerprint density at radius 3 is 2.50 bits per heavy atom. The number of nitrogens with zero attached hydrogens (tertiary/aromatic N) is 7. The van der Waals surface area contributed by atoms with E-state index < -0.39 is 11.7 Å². The maximum absolute atomic E-state index is 12.8. The van der Waals surface area contributed by atoms with Gasteiger partial charge in [0.05, 0.1) is 11.3 Å². The van der Waals surface area contributed by atoms with Crippen molar-refractivity contribution < 1.29 is 13.2 Å². The number of nitrogens with one attached hydrogen (secondary N) is 2. The van der Waals surface area contributed by atoms with E-state index in [1.165, 1.54) is 6.07 Å². The lowest BCUT2D eigenvalue weighted by Crippen LogP contribution is -2.51. The zero-order valence-corrected chi connectivity index (χ0v) is 18.3. The standard InChI is InChI=1S/C22H22F3N9/c1-14-12-33(8-9-34(14)19-7-6-18(11-26-19)22(23,24)25)13-17-10-27-28-20(17)15-2-4-16(5-3-15)21-29-31-32-30-21/h2-7,10-11,14H,8-9,12-13H2,1H3,(H,27,28)(H,29,30,31,32)/t14-/m1/s1. The van der Waals surface area contributed by atoms with Crippen molar-refractivity contribution in [2.24, 2.45) is 0 Å². The molecular formula is C22H22F3N9. The van der Waals surface area contributed by atoms with Crippen LogP contribution in [0.25, 0.3) is 22.6 Å². The Bertz CT molecular complexity index is 1220. The SMILES string of the molecule is C[C@@H]1CN(Cc2c[nH]nc2-c2ccc(-c3nnn[nH]3)cc2)CCN1c1ccc(C(F)(F)F)cn1. The Labute approximate surface area is 193 Å². The first-order valence-electron chi connectivity index (χ1n) is 10.8. The highest BCUT2D eigenvalue weighted by Crippen LogP contribution is 2.30. The average Bonchev–Trinajstić information content (AvgIpc) is 3.51.